The lowest BCUT2D eigenvalue weighted by atomic mass is 10.1. The van der Waals surface area contributed by atoms with E-state index in [4.69, 9.17) is 24.1 Å². The van der Waals surface area contributed by atoms with E-state index < -0.39 is 0 Å². The van der Waals surface area contributed by atoms with Crippen LogP contribution in [0.2, 0.25) is 0 Å². The molecule has 0 fully saturated rings. The number of carbonyl (C=O) groups is 6. The monoisotopic (exact) mass is 1710 g/mol. The maximum atomic E-state index is 13.2. The lowest BCUT2D eigenvalue weighted by molar-refractivity contribution is -0.890. The Bertz CT molecular complexity index is 2050. The van der Waals surface area contributed by atoms with E-state index in [1.54, 1.807) is 9.80 Å². The van der Waals surface area contributed by atoms with Crippen LogP contribution in [0.25, 0.3) is 0 Å². The molecular formula is C94H179Br2N4O12+. The van der Waals surface area contributed by atoms with Gasteiger partial charge in [0.25, 0.3) is 0 Å². The number of nitrogens with zero attached hydrogens (tertiary/aromatic N) is 4. The van der Waals surface area contributed by atoms with Gasteiger partial charge in [-0.1, -0.05) is 298 Å². The Morgan fingerprint density at radius 1 is 0.295 bits per heavy atom. The van der Waals surface area contributed by atoms with Crippen molar-refractivity contribution in [2.75, 3.05) is 119 Å². The Balaban J connectivity index is -0.000000986. The van der Waals surface area contributed by atoms with Crippen LogP contribution < -0.4 is 0 Å². The quantitative estimate of drug-likeness (QED) is 0.0146. The van der Waals surface area contributed by atoms with Crippen LogP contribution in [0.1, 0.15) is 400 Å². The van der Waals surface area contributed by atoms with E-state index in [0.717, 1.165) is 103 Å². The highest BCUT2D eigenvalue weighted by molar-refractivity contribution is 9.09. The predicted molar refractivity (Wildman–Crippen MR) is 483 cm³/mol. The zero-order chi connectivity index (χ0) is 82.1. The highest BCUT2D eigenvalue weighted by Gasteiger charge is 2.22. The number of hydrogen-bond acceptors (Lipinski definition) is 13. The average Bonchev–Trinajstić information content (AvgIpc) is 1.02. The molecule has 0 saturated carbocycles. The van der Waals surface area contributed by atoms with E-state index in [1.165, 1.54) is 231 Å². The van der Waals surface area contributed by atoms with E-state index >= 15 is 0 Å². The highest BCUT2D eigenvalue weighted by atomic mass is 79.9. The molecule has 2 N–H and O–H groups in total. The Kier molecular flexibility index (Phi) is 97.2. The smallest absolute Gasteiger partial charge is 0.305 e. The normalized spacial score (nSPS) is 11.5. The first-order valence-electron chi connectivity index (χ1n) is 46.1. The van der Waals surface area contributed by atoms with Crippen molar-refractivity contribution in [2.45, 2.75) is 400 Å². The van der Waals surface area contributed by atoms with Crippen LogP contribution in [0.4, 0.5) is 0 Å². The summed E-state index contributed by atoms with van der Waals surface area (Å²) in [4.78, 5) is 80.8. The van der Waals surface area contributed by atoms with Gasteiger partial charge in [0, 0.05) is 44.0 Å². The fourth-order valence-corrected chi connectivity index (χ4v) is 12.9. The zero-order valence-electron chi connectivity index (χ0n) is 74.1. The van der Waals surface area contributed by atoms with Gasteiger partial charge in [-0.2, -0.15) is 0 Å². The summed E-state index contributed by atoms with van der Waals surface area (Å²) in [6.07, 6.45) is 84.3. The molecule has 0 aromatic heterocycles. The number of quaternary nitrogens is 1. The molecule has 660 valence electrons. The highest BCUT2D eigenvalue weighted by Crippen LogP contribution is 2.17. The van der Waals surface area contributed by atoms with Crippen molar-refractivity contribution in [3.05, 3.63) is 48.6 Å². The Morgan fingerprint density at radius 3 is 0.705 bits per heavy atom. The van der Waals surface area contributed by atoms with E-state index in [-0.39, 0.29) is 105 Å². The number of halogens is 2. The molecule has 0 aliphatic rings. The molecule has 16 nitrogen and oxygen atoms in total. The van der Waals surface area contributed by atoms with E-state index in [0.29, 0.717) is 81.1 Å². The number of alkyl halides is 1. The van der Waals surface area contributed by atoms with Crippen molar-refractivity contribution in [1.29, 1.82) is 0 Å². The summed E-state index contributed by atoms with van der Waals surface area (Å²) in [6.45, 7) is 12.9. The Labute approximate surface area is 709 Å². The molecule has 0 aliphatic carbocycles. The third-order valence-corrected chi connectivity index (χ3v) is 20.6. The number of hydrogen-bond donors (Lipinski definition) is 2. The fourth-order valence-electron chi connectivity index (χ4n) is 12.9. The molecular weight excluding hydrogens is 1540 g/mol. The van der Waals surface area contributed by atoms with Crippen molar-refractivity contribution < 1.29 is 62.4 Å². The molecule has 2 amide bonds. The van der Waals surface area contributed by atoms with E-state index in [1.807, 2.05) is 33.1 Å². The number of esters is 4. The Morgan fingerprint density at radius 2 is 0.500 bits per heavy atom. The molecule has 0 atom stereocenters. The first-order chi connectivity index (χ1) is 54.1. The number of aliphatic hydroxyl groups excluding tert-OH is 2. The topological polar surface area (TPSA) is 190 Å². The number of allylic oxidation sites excluding steroid dienone is 8. The maximum Gasteiger partial charge on any atom is 0.305 e. The van der Waals surface area contributed by atoms with Crippen LogP contribution in [0.3, 0.4) is 0 Å². The molecule has 0 unspecified atom stereocenters. The van der Waals surface area contributed by atoms with Gasteiger partial charge in [0.05, 0.1) is 66.5 Å². The number of likely N-dealkylation sites (N-methyl/N-ethyl adjacent to an activating group) is 1. The van der Waals surface area contributed by atoms with Crippen LogP contribution in [0.5, 0.6) is 0 Å². The van der Waals surface area contributed by atoms with Gasteiger partial charge in [-0.25, -0.2) is 0 Å². The fraction of sp³-hybridized carbons (Fsp3) is 0.851. The van der Waals surface area contributed by atoms with Gasteiger partial charge in [-0.05, 0) is 143 Å². The number of amides is 2. The molecule has 0 heterocycles. The largest absolute Gasteiger partial charge is 0.464 e. The zero-order valence-corrected chi connectivity index (χ0v) is 77.4. The molecule has 0 rings (SSSR count). The lowest BCUT2D eigenvalue weighted by Gasteiger charge is -2.30. The summed E-state index contributed by atoms with van der Waals surface area (Å²) in [6, 6.07) is 0. The van der Waals surface area contributed by atoms with E-state index in [2.05, 4.69) is 92.2 Å². The molecule has 0 spiro atoms. The summed E-state index contributed by atoms with van der Waals surface area (Å²) in [7, 11) is 7.85. The number of unbranched alkanes of at least 4 members (excludes halogenated alkanes) is 44. The van der Waals surface area contributed by atoms with Gasteiger partial charge >= 0.3 is 23.9 Å². The molecule has 0 saturated heterocycles. The molecule has 112 heavy (non-hydrogen) atoms. The van der Waals surface area contributed by atoms with Crippen molar-refractivity contribution in [3.63, 3.8) is 0 Å². The molecule has 18 heteroatoms. The first kappa shape index (κ1) is 115. The third kappa shape index (κ3) is 93.7. The second-order valence-electron chi connectivity index (χ2n) is 31.8. The van der Waals surface area contributed by atoms with Crippen molar-refractivity contribution in [1.82, 2.24) is 14.7 Å². The second kappa shape index (κ2) is 94.7. The molecule has 0 aliphatic heterocycles. The maximum absolute atomic E-state index is 13.2. The number of carbonyl (C=O) groups excluding carboxylic acids is 6. The van der Waals surface area contributed by atoms with E-state index in [9.17, 15) is 33.9 Å². The van der Waals surface area contributed by atoms with Crippen LogP contribution in [0, 0.1) is 0 Å². The number of aliphatic hydroxyl groups is 2. The minimum absolute atomic E-state index is 0. The molecule has 0 aromatic rings. The van der Waals surface area contributed by atoms with Gasteiger partial charge < -0.3 is 48.3 Å². The van der Waals surface area contributed by atoms with Gasteiger partial charge in [0.15, 0.2) is 0 Å². The number of ether oxygens (including phenoxy) is 4. The van der Waals surface area contributed by atoms with Crippen LogP contribution in [-0.2, 0) is 47.7 Å². The molecule has 0 aromatic carbocycles. The average molecular weight is 1720 g/mol. The van der Waals surface area contributed by atoms with Crippen LogP contribution in [-0.4, -0.2) is 184 Å². The Hall–Kier alpha value is -3.42. The summed E-state index contributed by atoms with van der Waals surface area (Å²) in [5.41, 5.74) is 0. The van der Waals surface area contributed by atoms with Crippen LogP contribution >= 0.6 is 32.9 Å². The van der Waals surface area contributed by atoms with Gasteiger partial charge in [-0.3, -0.25) is 28.8 Å². The second-order valence-corrected chi connectivity index (χ2v) is 32.6. The van der Waals surface area contributed by atoms with Crippen LogP contribution in [0.15, 0.2) is 48.6 Å². The minimum Gasteiger partial charge on any atom is -0.464 e. The molecule has 0 radical (unpaired) electrons. The summed E-state index contributed by atoms with van der Waals surface area (Å²) in [5, 5.41) is 17.9. The predicted octanol–water partition coefficient (Wildman–Crippen LogP) is 24.3. The summed E-state index contributed by atoms with van der Waals surface area (Å²) in [5.74, 6) is -0.940. The molecule has 0 bridgehead atoms. The van der Waals surface area contributed by atoms with Crippen molar-refractivity contribution >= 4 is 68.6 Å². The van der Waals surface area contributed by atoms with Gasteiger partial charge in [0.1, 0.15) is 33.0 Å². The first-order valence-corrected chi connectivity index (χ1v) is 47.2. The SMILES string of the molecule is Br.CCCCCCCC/C=C\CCCCCCCC(=O)OCCN(CCOC(=O)CCCCCCC/C=C\CCCCCCCC)C(=O)CCN(C)C.CCCCCCCC/C=C\CCCCCCCC(=O)OCCN(CCOC(=O)CCCCCCC/C=C\CCCCCCCC)C(=O)CC[N+](C)(C)CCO.OCCBr. The summed E-state index contributed by atoms with van der Waals surface area (Å²) >= 11 is 3.00. The van der Waals surface area contributed by atoms with Crippen molar-refractivity contribution in [2.24, 2.45) is 0 Å². The van der Waals surface area contributed by atoms with Gasteiger partial charge in [-0.15, -0.1) is 17.0 Å². The third-order valence-electron chi connectivity index (χ3n) is 20.3. The van der Waals surface area contributed by atoms with Crippen molar-refractivity contribution in [3.8, 4) is 0 Å². The summed E-state index contributed by atoms with van der Waals surface area (Å²) < 4.78 is 22.5. The lowest BCUT2D eigenvalue weighted by Crippen LogP contribution is -2.45. The minimum atomic E-state index is -0.225. The van der Waals surface area contributed by atoms with Gasteiger partial charge in [0.2, 0.25) is 11.8 Å². The number of rotatable bonds is 81. The standard InChI is InChI=1S/C47H89N2O6.C45H84N2O5.C2H5BrO.BrH/c1-5-7-9-11-13-15-17-19-21-23-25-27-29-31-33-35-46(52)54-43-38-48(45(51)37-40-49(3,4)41-42-50)39-44-55-47(53)36-34-32-30-28-26-24-22-20-18-16-14-12-10-8-6-2;1-5-7-9-11-13-15-17-19-21-23-25-27-29-31-33-35-44(49)51-41-39-47(43(48)37-38-46(3)4)40-42-52-45(50)36-34-32-30-28-26-24-22-20-18-16-14-12-10-8-6-2;3-1-2-4;/h19-22,50H,5-18,23-44H2,1-4H3;19-22H,5-18,23-42H2,1-4H3;4H,1-2H2;1H/q+1;;;/b2*21-19-,22-20-;;.